The van der Waals surface area contributed by atoms with Crippen molar-refractivity contribution in [3.05, 3.63) is 0 Å². The van der Waals surface area contributed by atoms with E-state index in [0.717, 1.165) is 6.42 Å². The fourth-order valence-electron chi connectivity index (χ4n) is 2.31. The molecule has 0 amide bonds. The molecular weight excluding hydrogens is 164 g/mol. The van der Waals surface area contributed by atoms with Crippen molar-refractivity contribution < 1.29 is 9.84 Å². The van der Waals surface area contributed by atoms with E-state index in [2.05, 4.69) is 27.7 Å². The Morgan fingerprint density at radius 1 is 1.00 bits per heavy atom. The van der Waals surface area contributed by atoms with Gasteiger partial charge in [0.2, 0.25) is 0 Å². The molecule has 1 saturated heterocycles. The van der Waals surface area contributed by atoms with Gasteiger partial charge in [-0.1, -0.05) is 27.7 Å². The van der Waals surface area contributed by atoms with Gasteiger partial charge >= 0.3 is 0 Å². The zero-order chi connectivity index (χ0) is 10.0. The van der Waals surface area contributed by atoms with Crippen molar-refractivity contribution in [2.45, 2.75) is 46.3 Å². The standard InChI is InChI=1S/C11H22O2/c1-5-10-8(3)7(2)9(4)11(6-12)13-10/h7-12H,5-6H2,1-4H3/t7-,8?,9?,10+,11-/m0/s1. The van der Waals surface area contributed by atoms with E-state index >= 15 is 0 Å². The number of hydrogen-bond acceptors (Lipinski definition) is 2. The van der Waals surface area contributed by atoms with Crippen LogP contribution in [0, 0.1) is 17.8 Å². The third-order valence-corrected chi connectivity index (χ3v) is 3.76. The van der Waals surface area contributed by atoms with Gasteiger partial charge < -0.3 is 9.84 Å². The topological polar surface area (TPSA) is 29.5 Å². The minimum Gasteiger partial charge on any atom is -0.394 e. The predicted octanol–water partition coefficient (Wildman–Crippen LogP) is 2.06. The molecular formula is C11H22O2. The van der Waals surface area contributed by atoms with Crippen LogP contribution < -0.4 is 0 Å². The summed E-state index contributed by atoms with van der Waals surface area (Å²) in [5, 5.41) is 9.15. The van der Waals surface area contributed by atoms with E-state index in [1.54, 1.807) is 0 Å². The van der Waals surface area contributed by atoms with Gasteiger partial charge in [-0.15, -0.1) is 0 Å². The van der Waals surface area contributed by atoms with Crippen LogP contribution in [0.4, 0.5) is 0 Å². The molecule has 0 bridgehead atoms. The third kappa shape index (κ3) is 2.05. The van der Waals surface area contributed by atoms with Gasteiger partial charge in [0, 0.05) is 0 Å². The summed E-state index contributed by atoms with van der Waals surface area (Å²) in [5.41, 5.74) is 0. The van der Waals surface area contributed by atoms with Crippen molar-refractivity contribution in [1.82, 2.24) is 0 Å². The van der Waals surface area contributed by atoms with Crippen molar-refractivity contribution >= 4 is 0 Å². The molecule has 1 aliphatic rings. The van der Waals surface area contributed by atoms with Crippen LogP contribution in [-0.2, 0) is 4.74 Å². The normalized spacial score (nSPS) is 46.4. The molecule has 1 heterocycles. The molecule has 0 saturated carbocycles. The van der Waals surface area contributed by atoms with Crippen LogP contribution in [-0.4, -0.2) is 23.9 Å². The molecule has 0 aromatic rings. The SMILES string of the molecule is CC[C@H]1O[C@@H](CO)C(C)[C@@H](C)C1C. The van der Waals surface area contributed by atoms with Crippen molar-refractivity contribution in [2.24, 2.45) is 17.8 Å². The average Bonchev–Trinajstić information content (AvgIpc) is 2.15. The Hall–Kier alpha value is -0.0800. The third-order valence-electron chi connectivity index (χ3n) is 3.76. The highest BCUT2D eigenvalue weighted by Gasteiger charge is 2.37. The molecule has 1 aliphatic heterocycles. The fraction of sp³-hybridized carbons (Fsp3) is 1.00. The second-order valence-electron chi connectivity index (χ2n) is 4.38. The summed E-state index contributed by atoms with van der Waals surface area (Å²) in [4.78, 5) is 0. The van der Waals surface area contributed by atoms with Crippen LogP contribution in [0.5, 0.6) is 0 Å². The Morgan fingerprint density at radius 2 is 1.54 bits per heavy atom. The smallest absolute Gasteiger partial charge is 0.0837 e. The predicted molar refractivity (Wildman–Crippen MR) is 53.5 cm³/mol. The summed E-state index contributed by atoms with van der Waals surface area (Å²) in [5.74, 6) is 1.74. The Kier molecular flexibility index (Phi) is 3.74. The number of aliphatic hydroxyl groups excluding tert-OH is 1. The molecule has 1 N–H and O–H groups in total. The van der Waals surface area contributed by atoms with Crippen molar-refractivity contribution in [3.63, 3.8) is 0 Å². The lowest BCUT2D eigenvalue weighted by atomic mass is 9.76. The highest BCUT2D eigenvalue weighted by atomic mass is 16.5. The highest BCUT2D eigenvalue weighted by Crippen LogP contribution is 2.35. The Bertz CT molecular complexity index is 138. The molecule has 0 aromatic carbocycles. The summed E-state index contributed by atoms with van der Waals surface area (Å²) < 4.78 is 5.83. The summed E-state index contributed by atoms with van der Waals surface area (Å²) >= 11 is 0. The summed E-state index contributed by atoms with van der Waals surface area (Å²) in [6, 6.07) is 0. The molecule has 0 radical (unpaired) electrons. The second-order valence-corrected chi connectivity index (χ2v) is 4.38. The van der Waals surface area contributed by atoms with Gasteiger partial charge in [0.15, 0.2) is 0 Å². The van der Waals surface area contributed by atoms with E-state index in [1.165, 1.54) is 0 Å². The first-order chi connectivity index (χ1) is 6.11. The molecule has 13 heavy (non-hydrogen) atoms. The number of aliphatic hydroxyl groups is 1. The Balaban J connectivity index is 2.66. The Labute approximate surface area is 81.3 Å². The maximum absolute atomic E-state index is 9.15. The molecule has 2 nitrogen and oxygen atoms in total. The van der Waals surface area contributed by atoms with E-state index in [1.807, 2.05) is 0 Å². The number of hydrogen-bond donors (Lipinski definition) is 1. The first kappa shape index (κ1) is 11.0. The van der Waals surface area contributed by atoms with E-state index in [4.69, 9.17) is 9.84 Å². The van der Waals surface area contributed by atoms with Crippen molar-refractivity contribution in [2.75, 3.05) is 6.61 Å². The summed E-state index contributed by atoms with van der Waals surface area (Å²) in [7, 11) is 0. The highest BCUT2D eigenvalue weighted by molar-refractivity contribution is 4.84. The van der Waals surface area contributed by atoms with Crippen LogP contribution in [0.15, 0.2) is 0 Å². The minimum atomic E-state index is 0.0520. The monoisotopic (exact) mass is 186 g/mol. The van der Waals surface area contributed by atoms with Crippen LogP contribution in [0.3, 0.4) is 0 Å². The first-order valence-electron chi connectivity index (χ1n) is 5.38. The quantitative estimate of drug-likeness (QED) is 0.715. The Morgan fingerprint density at radius 3 is 2.00 bits per heavy atom. The van der Waals surface area contributed by atoms with Gasteiger partial charge in [0.1, 0.15) is 0 Å². The summed E-state index contributed by atoms with van der Waals surface area (Å²) in [6.45, 7) is 9.01. The maximum atomic E-state index is 9.15. The summed E-state index contributed by atoms with van der Waals surface area (Å²) in [6.07, 6.45) is 1.44. The zero-order valence-corrected chi connectivity index (χ0v) is 9.16. The largest absolute Gasteiger partial charge is 0.394 e. The van der Waals surface area contributed by atoms with E-state index in [0.29, 0.717) is 23.9 Å². The van der Waals surface area contributed by atoms with Gasteiger partial charge in [0.25, 0.3) is 0 Å². The van der Waals surface area contributed by atoms with Gasteiger partial charge in [-0.25, -0.2) is 0 Å². The lowest BCUT2D eigenvalue weighted by molar-refractivity contribution is -0.148. The minimum absolute atomic E-state index is 0.0520. The molecule has 0 spiro atoms. The first-order valence-corrected chi connectivity index (χ1v) is 5.38. The van der Waals surface area contributed by atoms with Gasteiger partial charge in [-0.3, -0.25) is 0 Å². The van der Waals surface area contributed by atoms with Crippen LogP contribution in [0.2, 0.25) is 0 Å². The maximum Gasteiger partial charge on any atom is 0.0837 e. The van der Waals surface area contributed by atoms with Crippen molar-refractivity contribution in [1.29, 1.82) is 0 Å². The molecule has 1 fully saturated rings. The van der Waals surface area contributed by atoms with Gasteiger partial charge in [0.05, 0.1) is 18.8 Å². The number of rotatable bonds is 2. The molecule has 2 heteroatoms. The lowest BCUT2D eigenvalue weighted by Crippen LogP contribution is -2.45. The van der Waals surface area contributed by atoms with Crippen LogP contribution >= 0.6 is 0 Å². The lowest BCUT2D eigenvalue weighted by Gasteiger charge is -2.43. The second kappa shape index (κ2) is 4.43. The van der Waals surface area contributed by atoms with Gasteiger partial charge in [-0.2, -0.15) is 0 Å². The van der Waals surface area contributed by atoms with E-state index < -0.39 is 0 Å². The molecule has 5 atom stereocenters. The average molecular weight is 186 g/mol. The molecule has 0 aliphatic carbocycles. The number of ether oxygens (including phenoxy) is 1. The van der Waals surface area contributed by atoms with E-state index in [-0.39, 0.29) is 12.7 Å². The fourth-order valence-corrected chi connectivity index (χ4v) is 2.31. The van der Waals surface area contributed by atoms with Crippen LogP contribution in [0.1, 0.15) is 34.1 Å². The van der Waals surface area contributed by atoms with Crippen LogP contribution in [0.25, 0.3) is 0 Å². The zero-order valence-electron chi connectivity index (χ0n) is 9.16. The molecule has 2 unspecified atom stereocenters. The van der Waals surface area contributed by atoms with Crippen molar-refractivity contribution in [3.8, 4) is 0 Å². The molecule has 1 rings (SSSR count). The molecule has 0 aromatic heterocycles. The molecule has 78 valence electrons. The van der Waals surface area contributed by atoms with E-state index in [9.17, 15) is 0 Å². The van der Waals surface area contributed by atoms with Gasteiger partial charge in [-0.05, 0) is 24.2 Å².